The van der Waals surface area contributed by atoms with Crippen LogP contribution >= 0.6 is 0 Å². The molecule has 0 aliphatic rings. The second-order valence-corrected chi connectivity index (χ2v) is 6.36. The van der Waals surface area contributed by atoms with Crippen LogP contribution in [-0.2, 0) is 7.05 Å². The Morgan fingerprint density at radius 2 is 1.82 bits per heavy atom. The topological polar surface area (TPSA) is 56.1 Å². The Labute approximate surface area is 161 Å². The maximum atomic E-state index is 13.2. The van der Waals surface area contributed by atoms with Gasteiger partial charge in [0.1, 0.15) is 17.4 Å². The van der Waals surface area contributed by atoms with Gasteiger partial charge in [0.15, 0.2) is 0 Å². The van der Waals surface area contributed by atoms with Crippen LogP contribution in [0.25, 0.3) is 22.4 Å². The third-order valence-corrected chi connectivity index (χ3v) is 4.59. The molecule has 6 heteroatoms. The largest absolute Gasteiger partial charge is 0.496 e. The van der Waals surface area contributed by atoms with E-state index in [1.165, 1.54) is 19.2 Å². The van der Waals surface area contributed by atoms with E-state index in [1.54, 1.807) is 30.3 Å². The van der Waals surface area contributed by atoms with Gasteiger partial charge in [-0.1, -0.05) is 12.1 Å². The molecule has 0 atom stereocenters. The first-order chi connectivity index (χ1) is 13.6. The number of halogens is 1. The molecule has 0 spiro atoms. The van der Waals surface area contributed by atoms with E-state index in [1.807, 2.05) is 35.9 Å². The molecular formula is C22H18FN3O2. The lowest BCUT2D eigenvalue weighted by atomic mass is 10.2. The van der Waals surface area contributed by atoms with Crippen LogP contribution in [0, 0.1) is 5.82 Å². The average Bonchev–Trinajstić information content (AvgIpc) is 3.04. The van der Waals surface area contributed by atoms with Gasteiger partial charge < -0.3 is 14.6 Å². The van der Waals surface area contributed by atoms with E-state index in [0.717, 1.165) is 22.4 Å². The maximum Gasteiger partial charge on any atom is 0.259 e. The molecule has 0 aliphatic carbocycles. The van der Waals surface area contributed by atoms with Crippen molar-refractivity contribution in [1.82, 2.24) is 9.55 Å². The predicted molar refractivity (Wildman–Crippen MR) is 107 cm³/mol. The zero-order chi connectivity index (χ0) is 19.7. The van der Waals surface area contributed by atoms with Crippen molar-refractivity contribution in [2.75, 3.05) is 12.4 Å². The molecule has 1 aromatic heterocycles. The lowest BCUT2D eigenvalue weighted by Gasteiger charge is -2.09. The van der Waals surface area contributed by atoms with Gasteiger partial charge in [0.2, 0.25) is 0 Å². The summed E-state index contributed by atoms with van der Waals surface area (Å²) in [4.78, 5) is 17.3. The number of fused-ring (bicyclic) bond motifs is 1. The number of methoxy groups -OCH3 is 1. The number of rotatable bonds is 4. The number of carbonyl (C=O) groups excluding carboxylic acids is 1. The first-order valence-corrected chi connectivity index (χ1v) is 8.73. The minimum Gasteiger partial charge on any atom is -0.496 e. The van der Waals surface area contributed by atoms with Crippen LogP contribution in [0.4, 0.5) is 10.1 Å². The lowest BCUT2D eigenvalue weighted by Crippen LogP contribution is -2.13. The molecule has 3 aromatic carbocycles. The van der Waals surface area contributed by atoms with Gasteiger partial charge in [-0.05, 0) is 54.6 Å². The lowest BCUT2D eigenvalue weighted by molar-refractivity contribution is 0.102. The van der Waals surface area contributed by atoms with Crippen LogP contribution in [-0.4, -0.2) is 22.6 Å². The molecule has 0 bridgehead atoms. The number of nitrogens with zero attached hydrogens (tertiary/aromatic N) is 2. The highest BCUT2D eigenvalue weighted by atomic mass is 19.1. The maximum absolute atomic E-state index is 13.2. The van der Waals surface area contributed by atoms with Crippen molar-refractivity contribution in [3.05, 3.63) is 78.1 Å². The van der Waals surface area contributed by atoms with E-state index in [0.29, 0.717) is 17.0 Å². The smallest absolute Gasteiger partial charge is 0.259 e. The molecule has 0 fully saturated rings. The van der Waals surface area contributed by atoms with Crippen molar-refractivity contribution >= 4 is 22.6 Å². The molecule has 1 N–H and O–H groups in total. The van der Waals surface area contributed by atoms with E-state index in [-0.39, 0.29) is 11.7 Å². The number of aryl methyl sites for hydroxylation is 1. The van der Waals surface area contributed by atoms with Crippen LogP contribution in [0.1, 0.15) is 10.4 Å². The Morgan fingerprint density at radius 1 is 1.07 bits per heavy atom. The Balaban J connectivity index is 1.66. The highest BCUT2D eigenvalue weighted by Gasteiger charge is 2.14. The number of amides is 1. The summed E-state index contributed by atoms with van der Waals surface area (Å²) in [5, 5.41) is 2.88. The highest BCUT2D eigenvalue weighted by Crippen LogP contribution is 2.26. The molecule has 4 aromatic rings. The number of benzene rings is 3. The fourth-order valence-corrected chi connectivity index (χ4v) is 3.17. The van der Waals surface area contributed by atoms with E-state index in [9.17, 15) is 9.18 Å². The van der Waals surface area contributed by atoms with Gasteiger partial charge in [-0.3, -0.25) is 4.79 Å². The molecule has 0 saturated carbocycles. The van der Waals surface area contributed by atoms with Gasteiger partial charge in [-0.2, -0.15) is 0 Å². The van der Waals surface area contributed by atoms with E-state index in [2.05, 4.69) is 10.3 Å². The number of hydrogen-bond donors (Lipinski definition) is 1. The van der Waals surface area contributed by atoms with Gasteiger partial charge in [0.25, 0.3) is 5.91 Å². The Morgan fingerprint density at radius 3 is 2.57 bits per heavy atom. The summed E-state index contributed by atoms with van der Waals surface area (Å²) in [6.45, 7) is 0. The zero-order valence-corrected chi connectivity index (χ0v) is 15.4. The SMILES string of the molecule is COc1ccccc1C(=O)Nc1ccc2c(c1)nc(-c1ccc(F)cc1)n2C. The quantitative estimate of drug-likeness (QED) is 0.565. The number of carbonyl (C=O) groups is 1. The first kappa shape index (κ1) is 17.7. The van der Waals surface area contributed by atoms with E-state index < -0.39 is 0 Å². The summed E-state index contributed by atoms with van der Waals surface area (Å²) in [6, 6.07) is 18.8. The molecule has 4 rings (SSSR count). The van der Waals surface area contributed by atoms with Crippen LogP contribution in [0.5, 0.6) is 5.75 Å². The summed E-state index contributed by atoms with van der Waals surface area (Å²) >= 11 is 0. The minimum absolute atomic E-state index is 0.258. The second kappa shape index (κ2) is 7.15. The van der Waals surface area contributed by atoms with Crippen molar-refractivity contribution in [3.8, 4) is 17.1 Å². The number of aromatic nitrogens is 2. The number of ether oxygens (including phenoxy) is 1. The monoisotopic (exact) mass is 375 g/mol. The fraction of sp³-hybridized carbons (Fsp3) is 0.0909. The van der Waals surface area contributed by atoms with Crippen molar-refractivity contribution in [2.45, 2.75) is 0 Å². The highest BCUT2D eigenvalue weighted by molar-refractivity contribution is 6.06. The minimum atomic E-state index is -0.288. The Bertz CT molecular complexity index is 1170. The fourth-order valence-electron chi connectivity index (χ4n) is 3.17. The van der Waals surface area contributed by atoms with Crippen molar-refractivity contribution in [1.29, 1.82) is 0 Å². The van der Waals surface area contributed by atoms with Gasteiger partial charge in [-0.25, -0.2) is 9.37 Å². The van der Waals surface area contributed by atoms with Gasteiger partial charge in [-0.15, -0.1) is 0 Å². The predicted octanol–water partition coefficient (Wildman–Crippen LogP) is 4.64. The summed E-state index contributed by atoms with van der Waals surface area (Å²) < 4.78 is 20.4. The number of hydrogen-bond acceptors (Lipinski definition) is 3. The van der Waals surface area contributed by atoms with E-state index in [4.69, 9.17) is 4.74 Å². The van der Waals surface area contributed by atoms with Crippen molar-refractivity contribution in [3.63, 3.8) is 0 Å². The summed E-state index contributed by atoms with van der Waals surface area (Å²) in [5.74, 6) is 0.691. The molecule has 0 radical (unpaired) electrons. The third-order valence-electron chi connectivity index (χ3n) is 4.59. The molecule has 0 aliphatic heterocycles. The number of anilines is 1. The Hall–Kier alpha value is -3.67. The molecule has 1 amide bonds. The standard InChI is InChI=1S/C22H18FN3O2/c1-26-19-12-11-16(24-22(27)17-5-3-4-6-20(17)28-2)13-18(19)25-21(26)14-7-9-15(23)10-8-14/h3-13H,1-2H3,(H,24,27). The van der Waals surface area contributed by atoms with Crippen molar-refractivity contribution in [2.24, 2.45) is 7.05 Å². The molecule has 140 valence electrons. The summed E-state index contributed by atoms with van der Waals surface area (Å²) in [7, 11) is 3.43. The van der Waals surface area contributed by atoms with Gasteiger partial charge in [0.05, 0.1) is 23.7 Å². The van der Waals surface area contributed by atoms with Gasteiger partial charge >= 0.3 is 0 Å². The third kappa shape index (κ3) is 3.20. The second-order valence-electron chi connectivity index (χ2n) is 6.36. The first-order valence-electron chi connectivity index (χ1n) is 8.73. The summed E-state index contributed by atoms with van der Waals surface area (Å²) in [5.41, 5.74) is 3.55. The molecule has 0 unspecified atom stereocenters. The molecule has 1 heterocycles. The Kier molecular flexibility index (Phi) is 4.53. The average molecular weight is 375 g/mol. The number of imidazole rings is 1. The number of nitrogens with one attached hydrogen (secondary N) is 1. The van der Waals surface area contributed by atoms with Crippen LogP contribution in [0.15, 0.2) is 66.7 Å². The summed E-state index contributed by atoms with van der Waals surface area (Å²) in [6.07, 6.45) is 0. The molecule has 0 saturated heterocycles. The van der Waals surface area contributed by atoms with Gasteiger partial charge in [0, 0.05) is 18.3 Å². The molecule has 5 nitrogen and oxygen atoms in total. The van der Waals surface area contributed by atoms with Crippen LogP contribution in [0.3, 0.4) is 0 Å². The normalized spacial score (nSPS) is 10.8. The van der Waals surface area contributed by atoms with Crippen molar-refractivity contribution < 1.29 is 13.9 Å². The molecule has 28 heavy (non-hydrogen) atoms. The molecular weight excluding hydrogens is 357 g/mol. The number of para-hydroxylation sites is 1. The van der Waals surface area contributed by atoms with Crippen LogP contribution in [0.2, 0.25) is 0 Å². The van der Waals surface area contributed by atoms with E-state index >= 15 is 0 Å². The zero-order valence-electron chi connectivity index (χ0n) is 15.4. The van der Waals surface area contributed by atoms with Crippen LogP contribution < -0.4 is 10.1 Å².